The lowest BCUT2D eigenvalue weighted by Crippen LogP contribution is -2.08. The predicted molar refractivity (Wildman–Crippen MR) is 55.1 cm³/mol. The van der Waals surface area contributed by atoms with Crippen LogP contribution in [0.2, 0.25) is 0 Å². The first-order valence-electron chi connectivity index (χ1n) is 5.17. The fraction of sp³-hybridized carbons (Fsp3) is 0.417. The summed E-state index contributed by atoms with van der Waals surface area (Å²) in [7, 11) is 0. The number of aliphatic hydroxyl groups is 1. The smallest absolute Gasteiger partial charge is 0.309 e. The zero-order chi connectivity index (χ0) is 10.7. The molecule has 3 nitrogen and oxygen atoms in total. The van der Waals surface area contributed by atoms with Gasteiger partial charge in [-0.2, -0.15) is 0 Å². The molecule has 0 aromatic heterocycles. The summed E-state index contributed by atoms with van der Waals surface area (Å²) in [5.74, 6) is -0.321. The van der Waals surface area contributed by atoms with Gasteiger partial charge >= 0.3 is 5.97 Å². The maximum Gasteiger partial charge on any atom is 0.309 e. The van der Waals surface area contributed by atoms with Gasteiger partial charge in [-0.3, -0.25) is 4.79 Å². The van der Waals surface area contributed by atoms with Crippen LogP contribution in [0.3, 0.4) is 0 Å². The van der Waals surface area contributed by atoms with Crippen molar-refractivity contribution in [3.8, 4) is 0 Å². The van der Waals surface area contributed by atoms with E-state index in [-0.39, 0.29) is 24.6 Å². The van der Waals surface area contributed by atoms with E-state index in [1.165, 1.54) is 0 Å². The van der Waals surface area contributed by atoms with Crippen molar-refractivity contribution in [3.63, 3.8) is 0 Å². The van der Waals surface area contributed by atoms with Gasteiger partial charge in [0, 0.05) is 13.0 Å². The van der Waals surface area contributed by atoms with Crippen LogP contribution in [-0.2, 0) is 9.53 Å². The summed E-state index contributed by atoms with van der Waals surface area (Å²) < 4.78 is 5.26. The number of carbonyl (C=O) groups is 1. The molecular formula is C12H14O3. The Morgan fingerprint density at radius 3 is 2.73 bits per heavy atom. The number of carbonyl (C=O) groups excluding carboxylic acids is 1. The van der Waals surface area contributed by atoms with Crippen LogP contribution < -0.4 is 0 Å². The lowest BCUT2D eigenvalue weighted by molar-refractivity contribution is -0.144. The molecule has 1 saturated heterocycles. The summed E-state index contributed by atoms with van der Waals surface area (Å²) >= 11 is 0. The van der Waals surface area contributed by atoms with Gasteiger partial charge < -0.3 is 9.84 Å². The maximum absolute atomic E-state index is 11.4. The van der Waals surface area contributed by atoms with Crippen molar-refractivity contribution in [2.75, 3.05) is 6.61 Å². The summed E-state index contributed by atoms with van der Waals surface area (Å²) in [6.45, 7) is 0.0429. The Labute approximate surface area is 88.7 Å². The Hall–Kier alpha value is -1.35. The summed E-state index contributed by atoms with van der Waals surface area (Å²) in [5, 5.41) is 8.79. The van der Waals surface area contributed by atoms with Crippen LogP contribution in [0.15, 0.2) is 30.3 Å². The zero-order valence-electron chi connectivity index (χ0n) is 8.43. The predicted octanol–water partition coefficient (Wildman–Crippen LogP) is 1.67. The lowest BCUT2D eigenvalue weighted by atomic mass is 9.98. The topological polar surface area (TPSA) is 46.5 Å². The van der Waals surface area contributed by atoms with Gasteiger partial charge in [0.25, 0.3) is 0 Å². The monoisotopic (exact) mass is 206 g/mol. The minimum absolute atomic E-state index is 0.0429. The van der Waals surface area contributed by atoms with Gasteiger partial charge in [0.1, 0.15) is 6.10 Å². The molecule has 1 aromatic rings. The van der Waals surface area contributed by atoms with E-state index in [4.69, 9.17) is 9.84 Å². The minimum Gasteiger partial charge on any atom is -0.457 e. The van der Waals surface area contributed by atoms with E-state index in [9.17, 15) is 4.79 Å². The zero-order valence-corrected chi connectivity index (χ0v) is 8.43. The Morgan fingerprint density at radius 2 is 2.07 bits per heavy atom. The number of ether oxygens (including phenoxy) is 1. The number of hydrogen-bond acceptors (Lipinski definition) is 3. The highest BCUT2D eigenvalue weighted by atomic mass is 16.6. The Kier molecular flexibility index (Phi) is 3.02. The molecule has 0 radical (unpaired) electrons. The van der Waals surface area contributed by atoms with Crippen molar-refractivity contribution in [1.29, 1.82) is 0 Å². The SMILES string of the molecule is O=C1O[C@@H](c2ccccc2)C[C@H]1CCO. The normalized spacial score (nSPS) is 25.3. The van der Waals surface area contributed by atoms with Crippen LogP contribution in [0.25, 0.3) is 0 Å². The van der Waals surface area contributed by atoms with Gasteiger partial charge in [-0.05, 0) is 12.0 Å². The molecule has 1 aromatic carbocycles. The fourth-order valence-corrected chi connectivity index (χ4v) is 1.90. The molecule has 0 amide bonds. The molecule has 1 aliphatic heterocycles. The van der Waals surface area contributed by atoms with Crippen molar-refractivity contribution >= 4 is 5.97 Å². The minimum atomic E-state index is -0.182. The van der Waals surface area contributed by atoms with E-state index in [0.29, 0.717) is 12.8 Å². The van der Waals surface area contributed by atoms with Gasteiger partial charge in [0.05, 0.1) is 5.92 Å². The first-order chi connectivity index (χ1) is 7.31. The maximum atomic E-state index is 11.4. The second-order valence-corrected chi connectivity index (χ2v) is 3.78. The molecule has 2 atom stereocenters. The molecule has 3 heteroatoms. The van der Waals surface area contributed by atoms with Crippen LogP contribution in [-0.4, -0.2) is 17.7 Å². The molecule has 0 unspecified atom stereocenters. The Balaban J connectivity index is 2.06. The molecule has 1 N–H and O–H groups in total. The highest BCUT2D eigenvalue weighted by Gasteiger charge is 2.34. The molecular weight excluding hydrogens is 192 g/mol. The van der Waals surface area contributed by atoms with E-state index in [1.807, 2.05) is 30.3 Å². The number of hydrogen-bond donors (Lipinski definition) is 1. The average molecular weight is 206 g/mol. The largest absolute Gasteiger partial charge is 0.457 e. The van der Waals surface area contributed by atoms with Gasteiger partial charge in [-0.1, -0.05) is 30.3 Å². The quantitative estimate of drug-likeness (QED) is 0.765. The van der Waals surface area contributed by atoms with Crippen LogP contribution in [0.5, 0.6) is 0 Å². The van der Waals surface area contributed by atoms with Crippen molar-refractivity contribution in [3.05, 3.63) is 35.9 Å². The third-order valence-electron chi connectivity index (χ3n) is 2.74. The van der Waals surface area contributed by atoms with E-state index in [2.05, 4.69) is 0 Å². The summed E-state index contributed by atoms with van der Waals surface area (Å²) in [5.41, 5.74) is 1.03. The average Bonchev–Trinajstić information content (AvgIpc) is 2.63. The van der Waals surface area contributed by atoms with E-state index in [1.54, 1.807) is 0 Å². The van der Waals surface area contributed by atoms with Crippen LogP contribution in [0, 0.1) is 5.92 Å². The van der Waals surface area contributed by atoms with Gasteiger partial charge in [-0.25, -0.2) is 0 Å². The van der Waals surface area contributed by atoms with Gasteiger partial charge in [0.15, 0.2) is 0 Å². The molecule has 80 valence electrons. The number of aliphatic hydroxyl groups excluding tert-OH is 1. The molecule has 0 aliphatic carbocycles. The van der Waals surface area contributed by atoms with Crippen LogP contribution in [0.1, 0.15) is 24.5 Å². The standard InChI is InChI=1S/C12H14O3/c13-7-6-10-8-11(15-12(10)14)9-4-2-1-3-5-9/h1-5,10-11,13H,6-8H2/t10-,11-/m1/s1. The van der Waals surface area contributed by atoms with Gasteiger partial charge in [-0.15, -0.1) is 0 Å². The second-order valence-electron chi connectivity index (χ2n) is 3.78. The molecule has 2 rings (SSSR count). The number of cyclic esters (lactones) is 1. The van der Waals surface area contributed by atoms with E-state index < -0.39 is 0 Å². The second kappa shape index (κ2) is 4.45. The summed E-state index contributed by atoms with van der Waals surface area (Å²) in [6.07, 6.45) is 1.06. The van der Waals surface area contributed by atoms with Crippen molar-refractivity contribution < 1.29 is 14.6 Å². The fourth-order valence-electron chi connectivity index (χ4n) is 1.90. The molecule has 1 fully saturated rings. The molecule has 0 spiro atoms. The van der Waals surface area contributed by atoms with Crippen LogP contribution >= 0.6 is 0 Å². The molecule has 0 bridgehead atoms. The first kappa shape index (κ1) is 10.2. The number of esters is 1. The summed E-state index contributed by atoms with van der Waals surface area (Å²) in [6, 6.07) is 9.72. The molecule has 15 heavy (non-hydrogen) atoms. The van der Waals surface area contributed by atoms with Crippen LogP contribution in [0.4, 0.5) is 0 Å². The molecule has 1 aliphatic rings. The van der Waals surface area contributed by atoms with Gasteiger partial charge in [0.2, 0.25) is 0 Å². The highest BCUT2D eigenvalue weighted by Crippen LogP contribution is 2.34. The van der Waals surface area contributed by atoms with E-state index >= 15 is 0 Å². The number of benzene rings is 1. The van der Waals surface area contributed by atoms with E-state index in [0.717, 1.165) is 5.56 Å². The Bertz CT molecular complexity index is 334. The third kappa shape index (κ3) is 2.18. The number of rotatable bonds is 3. The van der Waals surface area contributed by atoms with Crippen molar-refractivity contribution in [2.24, 2.45) is 5.92 Å². The highest BCUT2D eigenvalue weighted by molar-refractivity contribution is 5.74. The lowest BCUT2D eigenvalue weighted by Gasteiger charge is -2.08. The first-order valence-corrected chi connectivity index (χ1v) is 5.17. The summed E-state index contributed by atoms with van der Waals surface area (Å²) in [4.78, 5) is 11.4. The van der Waals surface area contributed by atoms with Crippen molar-refractivity contribution in [2.45, 2.75) is 18.9 Å². The third-order valence-corrected chi connectivity index (χ3v) is 2.74. The Morgan fingerprint density at radius 1 is 1.33 bits per heavy atom. The van der Waals surface area contributed by atoms with Crippen molar-refractivity contribution in [1.82, 2.24) is 0 Å². The molecule has 1 heterocycles. The molecule has 0 saturated carbocycles.